The highest BCUT2D eigenvalue weighted by Gasteiger charge is 2.09. The van der Waals surface area contributed by atoms with Crippen LogP contribution in [-0.2, 0) is 0 Å². The molecular formula is C13H16N4. The van der Waals surface area contributed by atoms with Crippen molar-refractivity contribution in [1.82, 2.24) is 15.0 Å². The van der Waals surface area contributed by atoms with Gasteiger partial charge in [0.1, 0.15) is 5.82 Å². The molecular weight excluding hydrogens is 212 g/mol. The molecule has 0 saturated carbocycles. The molecule has 0 fully saturated rings. The summed E-state index contributed by atoms with van der Waals surface area (Å²) in [5.74, 6) is 1.52. The number of rotatable bonds is 2. The molecule has 2 heterocycles. The Labute approximate surface area is 101 Å². The minimum Gasteiger partial charge on any atom is -0.384 e. The molecule has 2 N–H and O–H groups in total. The average molecular weight is 228 g/mol. The molecule has 2 aromatic heterocycles. The van der Waals surface area contributed by atoms with Crippen molar-refractivity contribution in [3.8, 4) is 11.4 Å². The van der Waals surface area contributed by atoms with Gasteiger partial charge in [-0.05, 0) is 24.5 Å². The van der Waals surface area contributed by atoms with Gasteiger partial charge >= 0.3 is 0 Å². The van der Waals surface area contributed by atoms with Gasteiger partial charge in [0.05, 0.1) is 0 Å². The van der Waals surface area contributed by atoms with Crippen LogP contribution in [0.2, 0.25) is 0 Å². The summed E-state index contributed by atoms with van der Waals surface area (Å²) in [6.45, 7) is 6.17. The van der Waals surface area contributed by atoms with Crippen LogP contribution in [0.5, 0.6) is 0 Å². The Bertz CT molecular complexity index is 535. The highest BCUT2D eigenvalue weighted by atomic mass is 14.9. The van der Waals surface area contributed by atoms with Gasteiger partial charge in [0.25, 0.3) is 0 Å². The van der Waals surface area contributed by atoms with E-state index in [1.807, 2.05) is 19.1 Å². The Morgan fingerprint density at radius 3 is 2.65 bits per heavy atom. The molecule has 0 radical (unpaired) electrons. The highest BCUT2D eigenvalue weighted by Crippen LogP contribution is 2.22. The van der Waals surface area contributed by atoms with E-state index in [1.54, 1.807) is 12.4 Å². The number of nitrogens with two attached hydrogens (primary N) is 1. The minimum absolute atomic E-state index is 0.334. The zero-order valence-electron chi connectivity index (χ0n) is 10.3. The lowest BCUT2D eigenvalue weighted by Crippen LogP contribution is -2.02. The lowest BCUT2D eigenvalue weighted by molar-refractivity contribution is 0.818. The van der Waals surface area contributed by atoms with Crippen molar-refractivity contribution in [2.45, 2.75) is 26.7 Å². The van der Waals surface area contributed by atoms with E-state index in [0.717, 1.165) is 16.8 Å². The van der Waals surface area contributed by atoms with Crippen molar-refractivity contribution in [3.05, 3.63) is 35.8 Å². The van der Waals surface area contributed by atoms with Gasteiger partial charge in [0.15, 0.2) is 5.82 Å². The molecule has 4 nitrogen and oxygen atoms in total. The minimum atomic E-state index is 0.334. The van der Waals surface area contributed by atoms with E-state index in [4.69, 9.17) is 5.73 Å². The normalized spacial score (nSPS) is 10.8. The Morgan fingerprint density at radius 1 is 1.24 bits per heavy atom. The summed E-state index contributed by atoms with van der Waals surface area (Å²) in [6.07, 6.45) is 3.54. The average Bonchev–Trinajstić information content (AvgIpc) is 2.28. The molecule has 2 rings (SSSR count). The van der Waals surface area contributed by atoms with Gasteiger partial charge < -0.3 is 5.73 Å². The maximum Gasteiger partial charge on any atom is 0.162 e. The van der Waals surface area contributed by atoms with Crippen molar-refractivity contribution >= 4 is 5.82 Å². The molecule has 88 valence electrons. The topological polar surface area (TPSA) is 64.7 Å². The first-order valence-electron chi connectivity index (χ1n) is 5.63. The lowest BCUT2D eigenvalue weighted by atomic mass is 10.1. The first-order chi connectivity index (χ1) is 8.08. The number of hydrogen-bond donors (Lipinski definition) is 1. The van der Waals surface area contributed by atoms with E-state index in [9.17, 15) is 0 Å². The molecule has 0 spiro atoms. The molecule has 0 unspecified atom stereocenters. The van der Waals surface area contributed by atoms with Crippen LogP contribution < -0.4 is 5.73 Å². The SMILES string of the molecule is Cc1cnccc1-c1nc(N)cc(C(C)C)n1. The standard InChI is InChI=1S/C13H16N4/c1-8(2)11-6-12(14)17-13(16-11)10-4-5-15-7-9(10)3/h4-8H,1-3H3,(H2,14,16,17). The van der Waals surface area contributed by atoms with Crippen molar-refractivity contribution in [2.24, 2.45) is 0 Å². The predicted molar refractivity (Wildman–Crippen MR) is 68.5 cm³/mol. The first kappa shape index (κ1) is 11.5. The van der Waals surface area contributed by atoms with Crippen molar-refractivity contribution in [1.29, 1.82) is 0 Å². The van der Waals surface area contributed by atoms with Crippen molar-refractivity contribution in [2.75, 3.05) is 5.73 Å². The number of aryl methyl sites for hydroxylation is 1. The molecule has 2 aromatic rings. The van der Waals surface area contributed by atoms with Crippen LogP contribution in [0.15, 0.2) is 24.5 Å². The van der Waals surface area contributed by atoms with Crippen LogP contribution in [0, 0.1) is 6.92 Å². The third-order valence-corrected chi connectivity index (χ3v) is 2.62. The van der Waals surface area contributed by atoms with E-state index in [-0.39, 0.29) is 0 Å². The lowest BCUT2D eigenvalue weighted by Gasteiger charge is -2.09. The summed E-state index contributed by atoms with van der Waals surface area (Å²) < 4.78 is 0. The summed E-state index contributed by atoms with van der Waals surface area (Å²) in [4.78, 5) is 12.9. The molecule has 17 heavy (non-hydrogen) atoms. The summed E-state index contributed by atoms with van der Waals surface area (Å²) in [5, 5.41) is 0. The Balaban J connectivity index is 2.56. The smallest absolute Gasteiger partial charge is 0.162 e. The van der Waals surface area contributed by atoms with E-state index in [1.165, 1.54) is 0 Å². The number of hydrogen-bond acceptors (Lipinski definition) is 4. The molecule has 0 aliphatic heterocycles. The largest absolute Gasteiger partial charge is 0.384 e. The van der Waals surface area contributed by atoms with Gasteiger partial charge in [-0.15, -0.1) is 0 Å². The van der Waals surface area contributed by atoms with Crippen molar-refractivity contribution in [3.63, 3.8) is 0 Å². The van der Waals surface area contributed by atoms with Gasteiger partial charge in [0.2, 0.25) is 0 Å². The highest BCUT2D eigenvalue weighted by molar-refractivity contribution is 5.60. The maximum atomic E-state index is 5.82. The van der Waals surface area contributed by atoms with E-state index < -0.39 is 0 Å². The number of pyridine rings is 1. The van der Waals surface area contributed by atoms with Gasteiger partial charge in [0, 0.05) is 29.7 Å². The second-order valence-corrected chi connectivity index (χ2v) is 4.39. The van der Waals surface area contributed by atoms with Crippen LogP contribution in [0.3, 0.4) is 0 Å². The van der Waals surface area contributed by atoms with Crippen molar-refractivity contribution < 1.29 is 0 Å². The van der Waals surface area contributed by atoms with Gasteiger partial charge in [-0.1, -0.05) is 13.8 Å². The fraction of sp³-hybridized carbons (Fsp3) is 0.308. The van der Waals surface area contributed by atoms with Crippen LogP contribution in [0.1, 0.15) is 31.0 Å². The Morgan fingerprint density at radius 2 is 2.00 bits per heavy atom. The third kappa shape index (κ3) is 2.41. The fourth-order valence-corrected chi connectivity index (χ4v) is 1.63. The van der Waals surface area contributed by atoms with Crippen LogP contribution >= 0.6 is 0 Å². The molecule has 4 heteroatoms. The molecule has 0 amide bonds. The number of anilines is 1. The van der Waals surface area contributed by atoms with Crippen LogP contribution in [0.25, 0.3) is 11.4 Å². The summed E-state index contributed by atoms with van der Waals surface area (Å²) in [5.41, 5.74) is 8.81. The Hall–Kier alpha value is -1.97. The second kappa shape index (κ2) is 4.49. The van der Waals surface area contributed by atoms with Gasteiger partial charge in [-0.3, -0.25) is 4.98 Å². The number of nitrogens with zero attached hydrogens (tertiary/aromatic N) is 3. The zero-order valence-corrected chi connectivity index (χ0v) is 10.3. The molecule has 0 aliphatic carbocycles. The second-order valence-electron chi connectivity index (χ2n) is 4.39. The quantitative estimate of drug-likeness (QED) is 0.857. The number of aromatic nitrogens is 3. The van der Waals surface area contributed by atoms with Gasteiger partial charge in [-0.2, -0.15) is 0 Å². The van der Waals surface area contributed by atoms with E-state index in [2.05, 4.69) is 28.8 Å². The molecule has 0 bridgehead atoms. The summed E-state index contributed by atoms with van der Waals surface area (Å²) in [7, 11) is 0. The molecule has 0 aliphatic rings. The molecule has 0 saturated heterocycles. The zero-order chi connectivity index (χ0) is 12.4. The first-order valence-corrected chi connectivity index (χ1v) is 5.63. The maximum absolute atomic E-state index is 5.82. The number of nitrogen functional groups attached to an aromatic ring is 1. The molecule has 0 atom stereocenters. The summed E-state index contributed by atoms with van der Waals surface area (Å²) >= 11 is 0. The van der Waals surface area contributed by atoms with E-state index >= 15 is 0 Å². The predicted octanol–water partition coefficient (Wildman–Crippen LogP) is 2.55. The monoisotopic (exact) mass is 228 g/mol. The Kier molecular flexibility index (Phi) is 3.04. The fourth-order valence-electron chi connectivity index (χ4n) is 1.63. The van der Waals surface area contributed by atoms with E-state index in [0.29, 0.717) is 17.6 Å². The summed E-state index contributed by atoms with van der Waals surface area (Å²) in [6, 6.07) is 3.74. The van der Waals surface area contributed by atoms with Crippen LogP contribution in [-0.4, -0.2) is 15.0 Å². The van der Waals surface area contributed by atoms with Gasteiger partial charge in [-0.25, -0.2) is 9.97 Å². The van der Waals surface area contributed by atoms with Crippen LogP contribution in [0.4, 0.5) is 5.82 Å². The molecule has 0 aromatic carbocycles. The third-order valence-electron chi connectivity index (χ3n) is 2.62.